The lowest BCUT2D eigenvalue weighted by Crippen LogP contribution is -2.40. The summed E-state index contributed by atoms with van der Waals surface area (Å²) < 4.78 is 5.25. The molecule has 0 amide bonds. The molecule has 5 heteroatoms. The Morgan fingerprint density at radius 2 is 2.12 bits per heavy atom. The SMILES string of the molecule is CCNC(=NCCc1c(C)noc1C)N1CCC(Cc2ccccc2)C1. The Bertz CT molecular complexity index is 703. The van der Waals surface area contributed by atoms with Crippen molar-refractivity contribution < 1.29 is 4.52 Å². The molecule has 0 bridgehead atoms. The Labute approximate surface area is 156 Å². The third-order valence-corrected chi connectivity index (χ3v) is 5.09. The zero-order chi connectivity index (χ0) is 18.4. The second-order valence-corrected chi connectivity index (χ2v) is 7.08. The maximum atomic E-state index is 5.25. The number of nitrogens with one attached hydrogen (secondary N) is 1. The number of rotatable bonds is 6. The van der Waals surface area contributed by atoms with Gasteiger partial charge in [-0.3, -0.25) is 4.99 Å². The first-order valence-electron chi connectivity index (χ1n) is 9.66. The van der Waals surface area contributed by atoms with E-state index in [1.165, 1.54) is 17.5 Å². The fourth-order valence-electron chi connectivity index (χ4n) is 3.70. The first-order valence-corrected chi connectivity index (χ1v) is 9.66. The summed E-state index contributed by atoms with van der Waals surface area (Å²) in [6.45, 7) is 9.89. The van der Waals surface area contributed by atoms with E-state index in [0.717, 1.165) is 56.4 Å². The predicted molar refractivity (Wildman–Crippen MR) is 105 cm³/mol. The fraction of sp³-hybridized carbons (Fsp3) is 0.524. The molecule has 1 aromatic heterocycles. The number of likely N-dealkylation sites (tertiary alicyclic amines) is 1. The quantitative estimate of drug-likeness (QED) is 0.638. The van der Waals surface area contributed by atoms with E-state index in [-0.39, 0.29) is 0 Å². The van der Waals surface area contributed by atoms with E-state index in [1.54, 1.807) is 0 Å². The molecule has 1 aliphatic heterocycles. The van der Waals surface area contributed by atoms with Gasteiger partial charge in [0.2, 0.25) is 0 Å². The van der Waals surface area contributed by atoms with Gasteiger partial charge in [0.25, 0.3) is 0 Å². The molecule has 0 spiro atoms. The van der Waals surface area contributed by atoms with Gasteiger partial charge in [-0.25, -0.2) is 0 Å². The summed E-state index contributed by atoms with van der Waals surface area (Å²) in [5, 5.41) is 7.48. The van der Waals surface area contributed by atoms with E-state index >= 15 is 0 Å². The predicted octanol–water partition coefficient (Wildman–Crippen LogP) is 3.36. The van der Waals surface area contributed by atoms with Crippen molar-refractivity contribution in [3.8, 4) is 0 Å². The van der Waals surface area contributed by atoms with Gasteiger partial charge in [-0.05, 0) is 51.5 Å². The van der Waals surface area contributed by atoms with Crippen LogP contribution in [-0.2, 0) is 12.8 Å². The molecular formula is C21H30N4O. The van der Waals surface area contributed by atoms with Gasteiger partial charge in [0.05, 0.1) is 5.69 Å². The lowest BCUT2D eigenvalue weighted by molar-refractivity contribution is 0.392. The Morgan fingerprint density at radius 1 is 1.31 bits per heavy atom. The minimum Gasteiger partial charge on any atom is -0.361 e. The molecule has 2 aromatic rings. The number of aliphatic imine (C=N–C) groups is 1. The van der Waals surface area contributed by atoms with Crippen LogP contribution in [-0.4, -0.2) is 42.2 Å². The van der Waals surface area contributed by atoms with Crippen LogP contribution in [0, 0.1) is 19.8 Å². The first-order chi connectivity index (χ1) is 12.7. The molecule has 0 saturated carbocycles. The van der Waals surface area contributed by atoms with Crippen LogP contribution < -0.4 is 5.32 Å². The molecule has 1 atom stereocenters. The number of nitrogens with zero attached hydrogens (tertiary/aromatic N) is 3. The topological polar surface area (TPSA) is 53.7 Å². The van der Waals surface area contributed by atoms with E-state index in [9.17, 15) is 0 Å². The number of hydrogen-bond acceptors (Lipinski definition) is 3. The van der Waals surface area contributed by atoms with E-state index < -0.39 is 0 Å². The highest BCUT2D eigenvalue weighted by Crippen LogP contribution is 2.21. The molecule has 0 aliphatic carbocycles. The second-order valence-electron chi connectivity index (χ2n) is 7.08. The van der Waals surface area contributed by atoms with Gasteiger partial charge in [0.15, 0.2) is 5.96 Å². The molecule has 1 unspecified atom stereocenters. The maximum absolute atomic E-state index is 5.25. The average molecular weight is 354 g/mol. The summed E-state index contributed by atoms with van der Waals surface area (Å²) in [5.74, 6) is 2.64. The van der Waals surface area contributed by atoms with Crippen LogP contribution in [0.4, 0.5) is 0 Å². The monoisotopic (exact) mass is 354 g/mol. The largest absolute Gasteiger partial charge is 0.361 e. The van der Waals surface area contributed by atoms with Crippen LogP contribution in [0.5, 0.6) is 0 Å². The fourth-order valence-corrected chi connectivity index (χ4v) is 3.70. The van der Waals surface area contributed by atoms with Crippen LogP contribution in [0.2, 0.25) is 0 Å². The van der Waals surface area contributed by atoms with Crippen LogP contribution in [0.1, 0.15) is 35.9 Å². The smallest absolute Gasteiger partial charge is 0.193 e. The van der Waals surface area contributed by atoms with Crippen LogP contribution in [0.3, 0.4) is 0 Å². The van der Waals surface area contributed by atoms with Gasteiger partial charge >= 0.3 is 0 Å². The van der Waals surface area contributed by atoms with E-state index in [2.05, 4.69) is 52.6 Å². The van der Waals surface area contributed by atoms with E-state index in [1.807, 2.05) is 13.8 Å². The maximum Gasteiger partial charge on any atom is 0.193 e. The Kier molecular flexibility index (Phi) is 6.31. The highest BCUT2D eigenvalue weighted by Gasteiger charge is 2.25. The van der Waals surface area contributed by atoms with Crippen molar-refractivity contribution in [3.63, 3.8) is 0 Å². The van der Waals surface area contributed by atoms with Crippen molar-refractivity contribution in [1.82, 2.24) is 15.4 Å². The molecule has 26 heavy (non-hydrogen) atoms. The molecular weight excluding hydrogens is 324 g/mol. The van der Waals surface area contributed by atoms with Crippen LogP contribution in [0.25, 0.3) is 0 Å². The highest BCUT2D eigenvalue weighted by molar-refractivity contribution is 5.80. The van der Waals surface area contributed by atoms with Crippen molar-refractivity contribution in [1.29, 1.82) is 0 Å². The van der Waals surface area contributed by atoms with Crippen molar-refractivity contribution in [3.05, 3.63) is 52.9 Å². The van der Waals surface area contributed by atoms with Crippen LogP contribution in [0.15, 0.2) is 39.8 Å². The summed E-state index contributed by atoms with van der Waals surface area (Å²) in [4.78, 5) is 7.26. The first kappa shape index (κ1) is 18.5. The normalized spacial score (nSPS) is 17.7. The number of hydrogen-bond donors (Lipinski definition) is 1. The third kappa shape index (κ3) is 4.65. The minimum atomic E-state index is 0.698. The highest BCUT2D eigenvalue weighted by atomic mass is 16.5. The van der Waals surface area contributed by atoms with Gasteiger partial charge < -0.3 is 14.7 Å². The molecule has 1 aromatic carbocycles. The number of aryl methyl sites for hydroxylation is 2. The van der Waals surface area contributed by atoms with Gasteiger partial charge in [-0.1, -0.05) is 35.5 Å². The second kappa shape index (κ2) is 8.88. The molecule has 140 valence electrons. The summed E-state index contributed by atoms with van der Waals surface area (Å²) in [5.41, 5.74) is 3.60. The van der Waals surface area contributed by atoms with Gasteiger partial charge in [-0.2, -0.15) is 0 Å². The average Bonchev–Trinajstić information content (AvgIpc) is 3.23. The minimum absolute atomic E-state index is 0.698. The van der Waals surface area contributed by atoms with E-state index in [4.69, 9.17) is 9.52 Å². The van der Waals surface area contributed by atoms with Crippen molar-refractivity contribution in [2.75, 3.05) is 26.2 Å². The Morgan fingerprint density at radius 3 is 2.81 bits per heavy atom. The molecule has 0 radical (unpaired) electrons. The Hall–Kier alpha value is -2.30. The zero-order valence-electron chi connectivity index (χ0n) is 16.2. The van der Waals surface area contributed by atoms with Crippen LogP contribution >= 0.6 is 0 Å². The Balaban J connectivity index is 1.57. The summed E-state index contributed by atoms with van der Waals surface area (Å²) in [6.07, 6.45) is 3.25. The van der Waals surface area contributed by atoms with Gasteiger partial charge in [-0.15, -0.1) is 0 Å². The van der Waals surface area contributed by atoms with Gasteiger partial charge in [0, 0.05) is 31.7 Å². The standard InChI is InChI=1S/C21H30N4O/c1-4-22-21(23-12-10-20-16(2)24-26-17(20)3)25-13-11-19(15-25)14-18-8-6-5-7-9-18/h5-9,19H,4,10-15H2,1-3H3,(H,22,23). The van der Waals surface area contributed by atoms with Crippen molar-refractivity contribution in [2.24, 2.45) is 10.9 Å². The van der Waals surface area contributed by atoms with E-state index in [0.29, 0.717) is 5.92 Å². The van der Waals surface area contributed by atoms with Gasteiger partial charge in [0.1, 0.15) is 5.76 Å². The molecule has 2 heterocycles. The lowest BCUT2D eigenvalue weighted by Gasteiger charge is -2.21. The van der Waals surface area contributed by atoms with Crippen molar-refractivity contribution in [2.45, 2.75) is 40.0 Å². The number of benzene rings is 1. The summed E-state index contributed by atoms with van der Waals surface area (Å²) >= 11 is 0. The number of guanidine groups is 1. The molecule has 1 saturated heterocycles. The third-order valence-electron chi connectivity index (χ3n) is 5.09. The zero-order valence-corrected chi connectivity index (χ0v) is 16.2. The molecule has 1 N–H and O–H groups in total. The summed E-state index contributed by atoms with van der Waals surface area (Å²) in [6, 6.07) is 10.8. The number of aromatic nitrogens is 1. The van der Waals surface area contributed by atoms with Crippen molar-refractivity contribution >= 4 is 5.96 Å². The molecule has 3 rings (SSSR count). The molecule has 1 aliphatic rings. The summed E-state index contributed by atoms with van der Waals surface area (Å²) in [7, 11) is 0. The molecule has 1 fully saturated rings. The lowest BCUT2D eigenvalue weighted by atomic mass is 9.99. The molecule has 5 nitrogen and oxygen atoms in total.